The van der Waals surface area contributed by atoms with E-state index in [2.05, 4.69) is 59.3 Å². The average molecular weight is 366 g/mol. The van der Waals surface area contributed by atoms with Crippen LogP contribution in [0.2, 0.25) is 0 Å². The molecule has 0 amide bonds. The molecule has 2 heterocycles. The molecule has 4 heteroatoms. The predicted octanol–water partition coefficient (Wildman–Crippen LogP) is 4.21. The highest BCUT2D eigenvalue weighted by atomic mass is 16.3. The van der Waals surface area contributed by atoms with E-state index in [0.717, 1.165) is 44.6 Å². The third-order valence-electron chi connectivity index (χ3n) is 6.37. The maximum absolute atomic E-state index is 9.72. The highest BCUT2D eigenvalue weighted by molar-refractivity contribution is 5.51. The molecule has 1 aromatic heterocycles. The fourth-order valence-corrected chi connectivity index (χ4v) is 4.62. The van der Waals surface area contributed by atoms with Crippen LogP contribution < -0.4 is 9.80 Å². The van der Waals surface area contributed by atoms with Gasteiger partial charge in [0.05, 0.1) is 18.0 Å². The summed E-state index contributed by atoms with van der Waals surface area (Å²) in [7, 11) is 2.14. The minimum atomic E-state index is -0.110. The first kappa shape index (κ1) is 18.3. The lowest BCUT2D eigenvalue weighted by molar-refractivity contribution is 0.122. The van der Waals surface area contributed by atoms with Gasteiger partial charge in [0.2, 0.25) is 0 Å². The van der Waals surface area contributed by atoms with Gasteiger partial charge in [-0.05, 0) is 56.2 Å². The van der Waals surface area contributed by atoms with Crippen LogP contribution in [0.3, 0.4) is 0 Å². The van der Waals surface area contributed by atoms with E-state index in [9.17, 15) is 5.11 Å². The van der Waals surface area contributed by atoms with Crippen LogP contribution in [-0.4, -0.2) is 42.4 Å². The number of hydrogen-bond donors (Lipinski definition) is 1. The second-order valence-corrected chi connectivity index (χ2v) is 8.14. The van der Waals surface area contributed by atoms with Crippen molar-refractivity contribution < 1.29 is 5.11 Å². The Kier molecular flexibility index (Phi) is 5.63. The fourth-order valence-electron chi connectivity index (χ4n) is 4.62. The van der Waals surface area contributed by atoms with Gasteiger partial charge in [0.1, 0.15) is 5.82 Å². The van der Waals surface area contributed by atoms with Crippen LogP contribution in [0.4, 0.5) is 11.5 Å². The zero-order valence-corrected chi connectivity index (χ0v) is 16.3. The molecular weight excluding hydrogens is 334 g/mol. The van der Waals surface area contributed by atoms with E-state index in [-0.39, 0.29) is 6.10 Å². The monoisotopic (exact) mass is 365 g/mol. The number of aliphatic hydroxyl groups excluding tert-OH is 1. The Balaban J connectivity index is 1.41. The van der Waals surface area contributed by atoms with Crippen molar-refractivity contribution in [1.82, 2.24) is 4.98 Å². The maximum atomic E-state index is 9.72. The van der Waals surface area contributed by atoms with Gasteiger partial charge < -0.3 is 14.9 Å². The Hall–Kier alpha value is -2.07. The SMILES string of the molecule is CN(c1ccc(N2CCCC(c3ccccc3)C2)cn1)C1CCC(O)CC1. The lowest BCUT2D eigenvalue weighted by Crippen LogP contribution is -2.37. The Morgan fingerprint density at radius 3 is 2.48 bits per heavy atom. The lowest BCUT2D eigenvalue weighted by atomic mass is 9.90. The number of aliphatic hydroxyl groups is 1. The number of benzene rings is 1. The molecule has 1 atom stereocenters. The van der Waals surface area contributed by atoms with Crippen molar-refractivity contribution in [2.24, 2.45) is 0 Å². The third-order valence-corrected chi connectivity index (χ3v) is 6.37. The molecule has 1 aromatic carbocycles. The molecule has 0 radical (unpaired) electrons. The van der Waals surface area contributed by atoms with E-state index >= 15 is 0 Å². The number of aromatic nitrogens is 1. The lowest BCUT2D eigenvalue weighted by Gasteiger charge is -2.36. The van der Waals surface area contributed by atoms with Crippen molar-refractivity contribution in [2.45, 2.75) is 56.6 Å². The second kappa shape index (κ2) is 8.30. The highest BCUT2D eigenvalue weighted by Crippen LogP contribution is 2.31. The van der Waals surface area contributed by atoms with E-state index in [0.29, 0.717) is 12.0 Å². The molecule has 1 saturated carbocycles. The summed E-state index contributed by atoms with van der Waals surface area (Å²) in [6, 6.07) is 15.8. The number of pyridine rings is 1. The van der Waals surface area contributed by atoms with Gasteiger partial charge in [0.25, 0.3) is 0 Å². The molecule has 144 valence electrons. The summed E-state index contributed by atoms with van der Waals surface area (Å²) in [5.41, 5.74) is 2.68. The molecule has 0 bridgehead atoms. The van der Waals surface area contributed by atoms with Crippen molar-refractivity contribution in [3.05, 3.63) is 54.2 Å². The number of nitrogens with zero attached hydrogens (tertiary/aromatic N) is 3. The van der Waals surface area contributed by atoms with Gasteiger partial charge in [0.15, 0.2) is 0 Å². The molecule has 0 spiro atoms. The Morgan fingerprint density at radius 2 is 1.78 bits per heavy atom. The van der Waals surface area contributed by atoms with E-state index in [4.69, 9.17) is 4.98 Å². The number of rotatable bonds is 4. The molecular formula is C23H31N3O. The molecule has 1 aliphatic heterocycles. The molecule has 27 heavy (non-hydrogen) atoms. The van der Waals surface area contributed by atoms with E-state index < -0.39 is 0 Å². The van der Waals surface area contributed by atoms with Crippen molar-refractivity contribution in [2.75, 3.05) is 29.9 Å². The van der Waals surface area contributed by atoms with Crippen molar-refractivity contribution >= 4 is 11.5 Å². The first-order valence-electron chi connectivity index (χ1n) is 10.4. The van der Waals surface area contributed by atoms with Crippen LogP contribution in [-0.2, 0) is 0 Å². The normalized spacial score (nSPS) is 26.0. The van der Waals surface area contributed by atoms with Crippen LogP contribution in [0.5, 0.6) is 0 Å². The van der Waals surface area contributed by atoms with Crippen molar-refractivity contribution in [3.8, 4) is 0 Å². The molecule has 1 aliphatic carbocycles. The molecule has 2 aromatic rings. The molecule has 4 nitrogen and oxygen atoms in total. The third kappa shape index (κ3) is 4.27. The Bertz CT molecular complexity index is 710. The summed E-state index contributed by atoms with van der Waals surface area (Å²) < 4.78 is 0. The van der Waals surface area contributed by atoms with Gasteiger partial charge in [-0.15, -0.1) is 0 Å². The Labute approximate surface area is 162 Å². The quantitative estimate of drug-likeness (QED) is 0.881. The summed E-state index contributed by atoms with van der Waals surface area (Å²) in [6.45, 7) is 2.18. The summed E-state index contributed by atoms with van der Waals surface area (Å²) >= 11 is 0. The topological polar surface area (TPSA) is 39.6 Å². The van der Waals surface area contributed by atoms with Gasteiger partial charge in [0, 0.05) is 32.1 Å². The number of piperidine rings is 1. The molecule has 4 rings (SSSR count). The van der Waals surface area contributed by atoms with E-state index in [1.807, 2.05) is 6.20 Å². The smallest absolute Gasteiger partial charge is 0.128 e. The van der Waals surface area contributed by atoms with Crippen LogP contribution >= 0.6 is 0 Å². The molecule has 1 saturated heterocycles. The van der Waals surface area contributed by atoms with Crippen molar-refractivity contribution in [3.63, 3.8) is 0 Å². The molecule has 1 N–H and O–H groups in total. The first-order valence-corrected chi connectivity index (χ1v) is 10.4. The predicted molar refractivity (Wildman–Crippen MR) is 112 cm³/mol. The molecule has 2 fully saturated rings. The zero-order chi connectivity index (χ0) is 18.6. The highest BCUT2D eigenvalue weighted by Gasteiger charge is 2.24. The molecule has 1 unspecified atom stereocenters. The Morgan fingerprint density at radius 1 is 1.00 bits per heavy atom. The van der Waals surface area contributed by atoms with Gasteiger partial charge >= 0.3 is 0 Å². The van der Waals surface area contributed by atoms with Crippen molar-refractivity contribution in [1.29, 1.82) is 0 Å². The second-order valence-electron chi connectivity index (χ2n) is 8.14. The maximum Gasteiger partial charge on any atom is 0.128 e. The minimum Gasteiger partial charge on any atom is -0.393 e. The number of anilines is 2. The van der Waals surface area contributed by atoms with Gasteiger partial charge in [-0.3, -0.25) is 0 Å². The average Bonchev–Trinajstić information content (AvgIpc) is 2.75. The summed E-state index contributed by atoms with van der Waals surface area (Å²) in [5, 5.41) is 9.72. The first-order chi connectivity index (χ1) is 13.2. The van der Waals surface area contributed by atoms with Crippen LogP contribution in [0.1, 0.15) is 50.0 Å². The summed E-state index contributed by atoms with van der Waals surface area (Å²) in [6.07, 6.45) is 8.33. The standard InChI is InChI=1S/C23H31N3O/c1-25(20-9-12-22(27)13-10-20)23-14-11-21(16-24-23)26-15-5-8-19(17-26)18-6-3-2-4-7-18/h2-4,6-7,11,14,16,19-20,22,27H,5,8-10,12-13,15,17H2,1H3. The van der Waals surface area contributed by atoms with Gasteiger partial charge in [-0.25, -0.2) is 4.98 Å². The number of hydrogen-bond acceptors (Lipinski definition) is 4. The fraction of sp³-hybridized carbons (Fsp3) is 0.522. The summed E-state index contributed by atoms with van der Waals surface area (Å²) in [5.74, 6) is 1.65. The van der Waals surface area contributed by atoms with Gasteiger partial charge in [-0.2, -0.15) is 0 Å². The summed E-state index contributed by atoms with van der Waals surface area (Å²) in [4.78, 5) is 9.54. The van der Waals surface area contributed by atoms with Gasteiger partial charge in [-0.1, -0.05) is 30.3 Å². The van der Waals surface area contributed by atoms with Crippen LogP contribution in [0.15, 0.2) is 48.7 Å². The minimum absolute atomic E-state index is 0.110. The van der Waals surface area contributed by atoms with E-state index in [1.54, 1.807) is 0 Å². The van der Waals surface area contributed by atoms with Crippen LogP contribution in [0, 0.1) is 0 Å². The zero-order valence-electron chi connectivity index (χ0n) is 16.3. The van der Waals surface area contributed by atoms with E-state index in [1.165, 1.54) is 24.1 Å². The molecule has 2 aliphatic rings. The largest absolute Gasteiger partial charge is 0.393 e. The van der Waals surface area contributed by atoms with Crippen LogP contribution in [0.25, 0.3) is 0 Å².